The lowest BCUT2D eigenvalue weighted by atomic mass is 10.2. The van der Waals surface area contributed by atoms with Crippen LogP contribution in [0.1, 0.15) is 32.4 Å². The summed E-state index contributed by atoms with van der Waals surface area (Å²) in [5, 5.41) is 4.19. The standard InChI is InChI=1S/C13H20N4S2/c1-4-6-7-17(5-2)13-10(11(14)16-19-13)12-15-9(3)8-18-12/h8H,4-7H2,1-3H3,(H2,14,16). The molecule has 0 aliphatic carbocycles. The summed E-state index contributed by atoms with van der Waals surface area (Å²) < 4.78 is 4.32. The Balaban J connectivity index is 2.36. The number of rotatable bonds is 6. The summed E-state index contributed by atoms with van der Waals surface area (Å²) in [4.78, 5) is 6.90. The number of nitrogens with zero attached hydrogens (tertiary/aromatic N) is 3. The zero-order chi connectivity index (χ0) is 13.8. The molecule has 6 heteroatoms. The van der Waals surface area contributed by atoms with Crippen molar-refractivity contribution in [3.63, 3.8) is 0 Å². The second-order valence-electron chi connectivity index (χ2n) is 4.48. The number of thiazole rings is 1. The van der Waals surface area contributed by atoms with Gasteiger partial charge in [-0.1, -0.05) is 13.3 Å². The van der Waals surface area contributed by atoms with Crippen molar-refractivity contribution in [2.75, 3.05) is 23.7 Å². The second kappa shape index (κ2) is 6.34. The van der Waals surface area contributed by atoms with Crippen molar-refractivity contribution in [3.05, 3.63) is 11.1 Å². The van der Waals surface area contributed by atoms with E-state index in [9.17, 15) is 0 Å². The van der Waals surface area contributed by atoms with Gasteiger partial charge in [0.05, 0.1) is 5.56 Å². The van der Waals surface area contributed by atoms with Gasteiger partial charge in [-0.2, -0.15) is 4.37 Å². The maximum atomic E-state index is 6.04. The molecule has 0 spiro atoms. The molecule has 2 heterocycles. The highest BCUT2D eigenvalue weighted by Gasteiger charge is 2.20. The minimum Gasteiger partial charge on any atom is -0.382 e. The van der Waals surface area contributed by atoms with E-state index in [0.29, 0.717) is 5.82 Å². The van der Waals surface area contributed by atoms with Gasteiger partial charge in [0.15, 0.2) is 0 Å². The first-order valence-electron chi connectivity index (χ1n) is 6.59. The summed E-state index contributed by atoms with van der Waals surface area (Å²) in [5.41, 5.74) is 8.09. The fraction of sp³-hybridized carbons (Fsp3) is 0.538. The first kappa shape index (κ1) is 14.3. The van der Waals surface area contributed by atoms with Gasteiger partial charge in [0.1, 0.15) is 15.8 Å². The first-order valence-corrected chi connectivity index (χ1v) is 8.25. The normalized spacial score (nSPS) is 10.9. The summed E-state index contributed by atoms with van der Waals surface area (Å²) in [6.07, 6.45) is 2.37. The van der Waals surface area contributed by atoms with Gasteiger partial charge in [0.2, 0.25) is 0 Å². The number of nitrogen functional groups attached to an aromatic ring is 1. The Kier molecular flexibility index (Phi) is 4.76. The number of aromatic nitrogens is 2. The predicted molar refractivity (Wildman–Crippen MR) is 85.2 cm³/mol. The van der Waals surface area contributed by atoms with E-state index < -0.39 is 0 Å². The number of hydrogen-bond donors (Lipinski definition) is 1. The number of aryl methyl sites for hydroxylation is 1. The average molecular weight is 296 g/mol. The molecule has 0 fully saturated rings. The van der Waals surface area contributed by atoms with Crippen LogP contribution in [0.2, 0.25) is 0 Å². The molecule has 0 aliphatic heterocycles. The number of anilines is 2. The Morgan fingerprint density at radius 1 is 1.37 bits per heavy atom. The Morgan fingerprint density at radius 3 is 2.74 bits per heavy atom. The minimum absolute atomic E-state index is 0.601. The molecule has 0 atom stereocenters. The summed E-state index contributed by atoms with van der Waals surface area (Å²) in [5.74, 6) is 0.601. The van der Waals surface area contributed by atoms with Crippen LogP contribution in [0.5, 0.6) is 0 Å². The molecule has 0 unspecified atom stereocenters. The van der Waals surface area contributed by atoms with Crippen molar-refractivity contribution in [1.82, 2.24) is 9.36 Å². The van der Waals surface area contributed by atoms with Crippen molar-refractivity contribution in [2.24, 2.45) is 0 Å². The van der Waals surface area contributed by atoms with Gasteiger partial charge < -0.3 is 10.6 Å². The number of unbranched alkanes of at least 4 members (excludes halogenated alkanes) is 1. The molecule has 0 bridgehead atoms. The number of hydrogen-bond acceptors (Lipinski definition) is 6. The zero-order valence-electron chi connectivity index (χ0n) is 11.6. The van der Waals surface area contributed by atoms with E-state index in [4.69, 9.17) is 5.73 Å². The first-order chi connectivity index (χ1) is 9.17. The van der Waals surface area contributed by atoms with Crippen LogP contribution < -0.4 is 10.6 Å². The highest BCUT2D eigenvalue weighted by molar-refractivity contribution is 7.15. The van der Waals surface area contributed by atoms with E-state index >= 15 is 0 Å². The predicted octanol–water partition coefficient (Wildman–Crippen LogP) is 3.78. The molecule has 2 aromatic rings. The Labute approximate surface area is 122 Å². The lowest BCUT2D eigenvalue weighted by Crippen LogP contribution is -2.23. The van der Waals surface area contributed by atoms with Crippen LogP contribution in [0.3, 0.4) is 0 Å². The second-order valence-corrected chi connectivity index (χ2v) is 6.09. The molecule has 0 radical (unpaired) electrons. The Hall–Kier alpha value is -1.14. The quantitative estimate of drug-likeness (QED) is 0.881. The van der Waals surface area contributed by atoms with Gasteiger partial charge in [-0.15, -0.1) is 11.3 Å². The molecule has 0 saturated heterocycles. The Bertz CT molecular complexity index is 532. The summed E-state index contributed by atoms with van der Waals surface area (Å²) in [6, 6.07) is 0. The van der Waals surface area contributed by atoms with Crippen molar-refractivity contribution in [2.45, 2.75) is 33.6 Å². The van der Waals surface area contributed by atoms with E-state index in [1.165, 1.54) is 24.4 Å². The third kappa shape index (κ3) is 3.06. The van der Waals surface area contributed by atoms with Gasteiger partial charge in [0, 0.05) is 24.2 Å². The molecular weight excluding hydrogens is 276 g/mol. The fourth-order valence-electron chi connectivity index (χ4n) is 1.93. The van der Waals surface area contributed by atoms with Crippen molar-refractivity contribution in [3.8, 4) is 10.6 Å². The van der Waals surface area contributed by atoms with Crippen LogP contribution in [-0.4, -0.2) is 22.4 Å². The van der Waals surface area contributed by atoms with Crippen molar-refractivity contribution >= 4 is 33.7 Å². The zero-order valence-corrected chi connectivity index (χ0v) is 13.3. The molecule has 4 nitrogen and oxygen atoms in total. The molecule has 0 aromatic carbocycles. The molecule has 2 N–H and O–H groups in total. The van der Waals surface area contributed by atoms with E-state index in [0.717, 1.165) is 34.4 Å². The molecule has 0 aliphatic rings. The average Bonchev–Trinajstić information content (AvgIpc) is 2.97. The number of nitrogens with two attached hydrogens (primary N) is 1. The largest absolute Gasteiger partial charge is 0.382 e. The van der Waals surface area contributed by atoms with E-state index in [1.54, 1.807) is 11.3 Å². The topological polar surface area (TPSA) is 55.0 Å². The fourth-order valence-corrected chi connectivity index (χ4v) is 3.75. The van der Waals surface area contributed by atoms with Crippen LogP contribution in [-0.2, 0) is 0 Å². The van der Waals surface area contributed by atoms with Gasteiger partial charge in [0.25, 0.3) is 0 Å². The van der Waals surface area contributed by atoms with Crippen LogP contribution in [0.4, 0.5) is 10.8 Å². The third-order valence-corrected chi connectivity index (χ3v) is 4.88. The van der Waals surface area contributed by atoms with E-state index in [1.807, 2.05) is 6.92 Å². The Morgan fingerprint density at radius 2 is 2.16 bits per heavy atom. The monoisotopic (exact) mass is 296 g/mol. The maximum Gasteiger partial charge on any atom is 0.149 e. The lowest BCUT2D eigenvalue weighted by molar-refractivity contribution is 0.737. The van der Waals surface area contributed by atoms with Crippen LogP contribution in [0.15, 0.2) is 5.38 Å². The van der Waals surface area contributed by atoms with Crippen molar-refractivity contribution in [1.29, 1.82) is 0 Å². The van der Waals surface area contributed by atoms with Gasteiger partial charge in [-0.3, -0.25) is 0 Å². The SMILES string of the molecule is CCCCN(CC)c1snc(N)c1-c1nc(C)cs1. The van der Waals surface area contributed by atoms with Crippen molar-refractivity contribution < 1.29 is 0 Å². The third-order valence-electron chi connectivity index (χ3n) is 2.98. The molecular formula is C13H20N4S2. The van der Waals surface area contributed by atoms with Crippen LogP contribution >= 0.6 is 22.9 Å². The van der Waals surface area contributed by atoms with Gasteiger partial charge >= 0.3 is 0 Å². The molecule has 104 valence electrons. The summed E-state index contributed by atoms with van der Waals surface area (Å²) >= 11 is 3.12. The maximum absolute atomic E-state index is 6.04. The lowest BCUT2D eigenvalue weighted by Gasteiger charge is -2.21. The van der Waals surface area contributed by atoms with E-state index in [2.05, 4.69) is 33.5 Å². The molecule has 0 amide bonds. The summed E-state index contributed by atoms with van der Waals surface area (Å²) in [7, 11) is 0. The van der Waals surface area contributed by atoms with E-state index in [-0.39, 0.29) is 0 Å². The highest BCUT2D eigenvalue weighted by Crippen LogP contribution is 2.40. The smallest absolute Gasteiger partial charge is 0.149 e. The minimum atomic E-state index is 0.601. The highest BCUT2D eigenvalue weighted by atomic mass is 32.1. The summed E-state index contributed by atoms with van der Waals surface area (Å²) in [6.45, 7) is 8.40. The van der Waals surface area contributed by atoms with Gasteiger partial charge in [-0.25, -0.2) is 4.98 Å². The molecule has 2 aromatic heterocycles. The molecule has 2 rings (SSSR count). The molecule has 19 heavy (non-hydrogen) atoms. The van der Waals surface area contributed by atoms with Crippen LogP contribution in [0, 0.1) is 6.92 Å². The van der Waals surface area contributed by atoms with Crippen LogP contribution in [0.25, 0.3) is 10.6 Å². The van der Waals surface area contributed by atoms with Gasteiger partial charge in [-0.05, 0) is 31.8 Å². The molecule has 0 saturated carbocycles.